The summed E-state index contributed by atoms with van der Waals surface area (Å²) < 4.78 is 29.6. The van der Waals surface area contributed by atoms with Gasteiger partial charge >= 0.3 is 0 Å². The second-order valence-electron chi connectivity index (χ2n) is 7.44. The van der Waals surface area contributed by atoms with Gasteiger partial charge in [-0.2, -0.15) is 4.99 Å². The number of fused-ring (bicyclic) bond motifs is 1. The predicted octanol–water partition coefficient (Wildman–Crippen LogP) is 3.50. The van der Waals surface area contributed by atoms with Crippen LogP contribution < -0.4 is 9.64 Å². The van der Waals surface area contributed by atoms with E-state index in [0.29, 0.717) is 21.6 Å². The average molecular weight is 465 g/mol. The first-order valence-electron chi connectivity index (χ1n) is 9.42. The molecule has 2 saturated heterocycles. The van der Waals surface area contributed by atoms with Crippen LogP contribution in [-0.4, -0.2) is 49.4 Å². The number of nitrogens with zero attached hydrogens (tertiary/aromatic N) is 2. The Morgan fingerprint density at radius 2 is 1.97 bits per heavy atom. The minimum atomic E-state index is -3.13. The van der Waals surface area contributed by atoms with Gasteiger partial charge < -0.3 is 9.64 Å². The van der Waals surface area contributed by atoms with Crippen LogP contribution in [0.5, 0.6) is 5.75 Å². The van der Waals surface area contributed by atoms with E-state index in [1.807, 2.05) is 36.1 Å². The number of ether oxygens (including phenoxy) is 1. The number of halogens is 1. The first kappa shape index (κ1) is 21.2. The topological polar surface area (TPSA) is 76.0 Å². The Hall–Kier alpha value is -2.03. The Kier molecular flexibility index (Phi) is 5.83. The normalized spacial score (nSPS) is 23.6. The Morgan fingerprint density at radius 3 is 2.63 bits per heavy atom. The van der Waals surface area contributed by atoms with Gasteiger partial charge in [0, 0.05) is 10.9 Å². The van der Waals surface area contributed by atoms with Gasteiger partial charge in [-0.15, -0.1) is 0 Å². The Labute approximate surface area is 185 Å². The number of anilines is 1. The van der Waals surface area contributed by atoms with Gasteiger partial charge in [-0.25, -0.2) is 8.42 Å². The molecule has 0 N–H and O–H groups in total. The molecule has 2 fully saturated rings. The van der Waals surface area contributed by atoms with E-state index in [1.54, 1.807) is 18.2 Å². The third-order valence-corrected chi connectivity index (χ3v) is 8.68. The molecular formula is C21H21ClN2O4S2. The van der Waals surface area contributed by atoms with E-state index < -0.39 is 9.84 Å². The van der Waals surface area contributed by atoms with E-state index in [1.165, 1.54) is 18.9 Å². The highest BCUT2D eigenvalue weighted by atomic mass is 35.5. The third-order valence-electron chi connectivity index (χ3n) is 5.18. The molecule has 0 unspecified atom stereocenters. The Bertz CT molecular complexity index is 1120. The van der Waals surface area contributed by atoms with Crippen LogP contribution in [0.3, 0.4) is 0 Å². The van der Waals surface area contributed by atoms with Crippen LogP contribution in [0.25, 0.3) is 0 Å². The lowest BCUT2D eigenvalue weighted by Gasteiger charge is -2.25. The van der Waals surface area contributed by atoms with Crippen LogP contribution >= 0.6 is 23.4 Å². The minimum absolute atomic E-state index is 0.0273. The molecular weight excluding hydrogens is 444 g/mol. The smallest absolute Gasteiger partial charge is 0.252 e. The second kappa shape index (κ2) is 8.24. The van der Waals surface area contributed by atoms with Crippen molar-refractivity contribution < 1.29 is 17.9 Å². The summed E-state index contributed by atoms with van der Waals surface area (Å²) in [7, 11) is -1.60. The van der Waals surface area contributed by atoms with E-state index in [4.69, 9.17) is 16.3 Å². The van der Waals surface area contributed by atoms with Crippen molar-refractivity contribution in [2.75, 3.05) is 23.5 Å². The standard InChI is InChI=1S/C21H21ClN2O4S2/c1-13-3-5-14(6-4-13)9-20(25)23-21-24(15-7-8-18(28-2)16(22)10-15)17-11-30(26,27)12-19(17)29-21/h3-8,10,17,19H,9,11-12H2,1-2H3/t17-,19-/m1/s1. The number of thioether (sulfide) groups is 1. The van der Waals surface area contributed by atoms with Gasteiger partial charge in [0.05, 0.1) is 36.1 Å². The fraction of sp³-hybridized carbons (Fsp3) is 0.333. The summed E-state index contributed by atoms with van der Waals surface area (Å²) in [6, 6.07) is 12.7. The summed E-state index contributed by atoms with van der Waals surface area (Å²) in [5, 5.41) is 0.759. The molecule has 1 amide bonds. The summed E-state index contributed by atoms with van der Waals surface area (Å²) >= 11 is 7.64. The molecule has 158 valence electrons. The van der Waals surface area contributed by atoms with Crippen molar-refractivity contribution in [1.82, 2.24) is 0 Å². The number of amides is 1. The number of hydrogen-bond acceptors (Lipinski definition) is 5. The monoisotopic (exact) mass is 464 g/mol. The Balaban J connectivity index is 1.65. The van der Waals surface area contributed by atoms with Crippen molar-refractivity contribution in [2.45, 2.75) is 24.6 Å². The first-order chi connectivity index (χ1) is 14.3. The summed E-state index contributed by atoms with van der Waals surface area (Å²) in [6.07, 6.45) is 0.190. The molecule has 2 aromatic carbocycles. The molecule has 0 radical (unpaired) electrons. The molecule has 2 heterocycles. The van der Waals surface area contributed by atoms with Crippen molar-refractivity contribution in [3.8, 4) is 5.75 Å². The summed E-state index contributed by atoms with van der Waals surface area (Å²) in [5.74, 6) is 0.360. The number of methoxy groups -OCH3 is 1. The fourth-order valence-corrected chi connectivity index (χ4v) is 7.88. The SMILES string of the molecule is COc1ccc(N2C(=NC(=O)Cc3ccc(C)cc3)S[C@@H]3CS(=O)(=O)C[C@H]32)cc1Cl. The molecule has 0 aliphatic carbocycles. The summed E-state index contributed by atoms with van der Waals surface area (Å²) in [4.78, 5) is 18.8. The van der Waals surface area contributed by atoms with Gasteiger partial charge in [-0.3, -0.25) is 4.79 Å². The fourth-order valence-electron chi connectivity index (χ4n) is 3.70. The maximum atomic E-state index is 12.7. The predicted molar refractivity (Wildman–Crippen MR) is 122 cm³/mol. The van der Waals surface area contributed by atoms with Gasteiger partial charge in [-0.1, -0.05) is 53.2 Å². The van der Waals surface area contributed by atoms with E-state index in [0.717, 1.165) is 11.1 Å². The molecule has 2 aliphatic rings. The van der Waals surface area contributed by atoms with Crippen molar-refractivity contribution in [2.24, 2.45) is 4.99 Å². The number of carbonyl (C=O) groups excluding carboxylic acids is 1. The number of rotatable bonds is 4. The first-order valence-corrected chi connectivity index (χ1v) is 12.5. The minimum Gasteiger partial charge on any atom is -0.495 e. The lowest BCUT2D eigenvalue weighted by atomic mass is 10.1. The molecule has 6 nitrogen and oxygen atoms in total. The van der Waals surface area contributed by atoms with Gasteiger partial charge in [0.15, 0.2) is 15.0 Å². The van der Waals surface area contributed by atoms with Crippen LogP contribution in [0.4, 0.5) is 5.69 Å². The average Bonchev–Trinajstić information content (AvgIpc) is 3.14. The third kappa shape index (κ3) is 4.36. The summed E-state index contributed by atoms with van der Waals surface area (Å²) in [5.41, 5.74) is 2.71. The zero-order chi connectivity index (χ0) is 21.5. The molecule has 0 spiro atoms. The number of aliphatic imine (C=N–C) groups is 1. The molecule has 0 bridgehead atoms. The second-order valence-corrected chi connectivity index (χ2v) is 11.2. The molecule has 4 rings (SSSR count). The highest BCUT2D eigenvalue weighted by molar-refractivity contribution is 8.16. The lowest BCUT2D eigenvalue weighted by Crippen LogP contribution is -2.37. The van der Waals surface area contributed by atoms with Crippen LogP contribution in [0.15, 0.2) is 47.5 Å². The highest BCUT2D eigenvalue weighted by Gasteiger charge is 2.49. The zero-order valence-electron chi connectivity index (χ0n) is 16.5. The molecule has 9 heteroatoms. The van der Waals surface area contributed by atoms with Crippen LogP contribution in [0, 0.1) is 6.92 Å². The highest BCUT2D eigenvalue weighted by Crippen LogP contribution is 2.42. The largest absolute Gasteiger partial charge is 0.495 e. The number of aryl methyl sites for hydroxylation is 1. The van der Waals surface area contributed by atoms with Gasteiger partial charge in [0.1, 0.15) is 5.75 Å². The van der Waals surface area contributed by atoms with Gasteiger partial charge in [-0.05, 0) is 30.7 Å². The lowest BCUT2D eigenvalue weighted by molar-refractivity contribution is -0.117. The number of benzene rings is 2. The molecule has 2 aliphatic heterocycles. The van der Waals surface area contributed by atoms with Crippen LogP contribution in [-0.2, 0) is 21.1 Å². The molecule has 30 heavy (non-hydrogen) atoms. The zero-order valence-corrected chi connectivity index (χ0v) is 18.9. The Morgan fingerprint density at radius 1 is 1.23 bits per heavy atom. The van der Waals surface area contributed by atoms with Crippen molar-refractivity contribution in [3.63, 3.8) is 0 Å². The van der Waals surface area contributed by atoms with Crippen LogP contribution in [0.2, 0.25) is 5.02 Å². The number of carbonyl (C=O) groups is 1. The van der Waals surface area contributed by atoms with Crippen molar-refractivity contribution >= 4 is 50.0 Å². The molecule has 2 aromatic rings. The van der Waals surface area contributed by atoms with Crippen LogP contribution in [0.1, 0.15) is 11.1 Å². The maximum Gasteiger partial charge on any atom is 0.252 e. The van der Waals surface area contributed by atoms with E-state index in [2.05, 4.69) is 4.99 Å². The number of sulfone groups is 1. The van der Waals surface area contributed by atoms with E-state index >= 15 is 0 Å². The van der Waals surface area contributed by atoms with Gasteiger partial charge in [0.2, 0.25) is 0 Å². The molecule has 0 saturated carbocycles. The molecule has 2 atom stereocenters. The van der Waals surface area contributed by atoms with Gasteiger partial charge in [0.25, 0.3) is 5.91 Å². The quantitative estimate of drug-likeness (QED) is 0.689. The number of amidine groups is 1. The number of hydrogen-bond donors (Lipinski definition) is 0. The van der Waals surface area contributed by atoms with Crippen molar-refractivity contribution in [3.05, 3.63) is 58.6 Å². The van der Waals surface area contributed by atoms with E-state index in [9.17, 15) is 13.2 Å². The van der Waals surface area contributed by atoms with E-state index in [-0.39, 0.29) is 35.1 Å². The maximum absolute atomic E-state index is 12.7. The van der Waals surface area contributed by atoms with Crippen molar-refractivity contribution in [1.29, 1.82) is 0 Å². The summed E-state index contributed by atoms with van der Waals surface area (Å²) in [6.45, 7) is 1.99. The molecule has 0 aromatic heterocycles.